The van der Waals surface area contributed by atoms with Crippen LogP contribution in [0, 0.1) is 6.92 Å². The summed E-state index contributed by atoms with van der Waals surface area (Å²) in [6.45, 7) is 5.98. The number of halogens is 1. The first-order valence-corrected chi connectivity index (χ1v) is 8.67. The van der Waals surface area contributed by atoms with Gasteiger partial charge in [-0.15, -0.1) is 0 Å². The molecule has 1 aromatic carbocycles. The van der Waals surface area contributed by atoms with E-state index in [1.807, 2.05) is 20.8 Å². The van der Waals surface area contributed by atoms with Gasteiger partial charge in [-0.1, -0.05) is 37.6 Å². The number of carbonyl (C=O) groups is 1. The fourth-order valence-corrected chi connectivity index (χ4v) is 3.58. The maximum Gasteiger partial charge on any atom is 0.266 e. The molecule has 0 aliphatic carbocycles. The standard InChI is InChI=1S/C20H21ClN2O3/c1-10(2)18-14(11(3)9-26-18)16-15(12-5-7-13(24)8-6-12)19(21)23(4)17(16)20(22)25/h5-10,24H,1-4H3,(H2,22,25). The molecular weight excluding hydrogens is 352 g/mol. The maximum atomic E-state index is 12.3. The minimum atomic E-state index is -0.565. The van der Waals surface area contributed by atoms with E-state index in [2.05, 4.69) is 0 Å². The monoisotopic (exact) mass is 372 g/mol. The van der Waals surface area contributed by atoms with Gasteiger partial charge in [0.2, 0.25) is 0 Å². The number of aromatic hydroxyl groups is 1. The molecular formula is C20H21ClN2O3. The quantitative estimate of drug-likeness (QED) is 0.687. The van der Waals surface area contributed by atoms with E-state index in [0.717, 1.165) is 22.5 Å². The summed E-state index contributed by atoms with van der Waals surface area (Å²) in [5, 5.41) is 10.0. The number of hydrogen-bond donors (Lipinski definition) is 2. The molecule has 0 saturated carbocycles. The lowest BCUT2D eigenvalue weighted by molar-refractivity contribution is 0.0993. The molecule has 2 heterocycles. The predicted molar refractivity (Wildman–Crippen MR) is 103 cm³/mol. The van der Waals surface area contributed by atoms with Crippen LogP contribution < -0.4 is 5.73 Å². The summed E-state index contributed by atoms with van der Waals surface area (Å²) in [5.74, 6) is 0.475. The number of primary amides is 1. The van der Waals surface area contributed by atoms with Gasteiger partial charge in [0.25, 0.3) is 5.91 Å². The van der Waals surface area contributed by atoms with Crippen molar-refractivity contribution in [2.24, 2.45) is 12.8 Å². The van der Waals surface area contributed by atoms with Gasteiger partial charge in [0.15, 0.2) is 0 Å². The van der Waals surface area contributed by atoms with Crippen LogP contribution in [0.3, 0.4) is 0 Å². The zero-order valence-electron chi connectivity index (χ0n) is 15.1. The van der Waals surface area contributed by atoms with Crippen molar-refractivity contribution in [2.75, 3.05) is 0 Å². The summed E-state index contributed by atoms with van der Waals surface area (Å²) in [6.07, 6.45) is 1.68. The van der Waals surface area contributed by atoms with Crippen LogP contribution in [0.15, 0.2) is 34.9 Å². The van der Waals surface area contributed by atoms with Gasteiger partial charge in [0.05, 0.1) is 6.26 Å². The molecule has 0 radical (unpaired) electrons. The number of carbonyl (C=O) groups excluding carboxylic acids is 1. The fraction of sp³-hybridized carbons (Fsp3) is 0.250. The van der Waals surface area contributed by atoms with Crippen LogP contribution in [0.4, 0.5) is 0 Å². The SMILES string of the molecule is Cc1coc(C(C)C)c1-c1c(-c2ccc(O)cc2)c(Cl)n(C)c1C(N)=O. The third-order valence-electron chi connectivity index (χ3n) is 4.49. The van der Waals surface area contributed by atoms with Gasteiger partial charge >= 0.3 is 0 Å². The van der Waals surface area contributed by atoms with Crippen molar-refractivity contribution >= 4 is 17.5 Å². The molecule has 0 atom stereocenters. The highest BCUT2D eigenvalue weighted by atomic mass is 35.5. The number of amides is 1. The molecule has 3 rings (SSSR count). The Hall–Kier alpha value is -2.66. The molecule has 1 amide bonds. The Labute approximate surface area is 157 Å². The summed E-state index contributed by atoms with van der Waals surface area (Å²) in [6, 6.07) is 6.68. The number of aryl methyl sites for hydroxylation is 1. The van der Waals surface area contributed by atoms with Crippen LogP contribution in [0.25, 0.3) is 22.3 Å². The molecule has 0 spiro atoms. The van der Waals surface area contributed by atoms with Gasteiger partial charge in [0, 0.05) is 29.7 Å². The van der Waals surface area contributed by atoms with Crippen molar-refractivity contribution < 1.29 is 14.3 Å². The molecule has 5 nitrogen and oxygen atoms in total. The van der Waals surface area contributed by atoms with E-state index >= 15 is 0 Å². The van der Waals surface area contributed by atoms with E-state index in [9.17, 15) is 9.90 Å². The second kappa shape index (κ2) is 6.57. The maximum absolute atomic E-state index is 12.3. The summed E-state index contributed by atoms with van der Waals surface area (Å²) in [7, 11) is 1.71. The Balaban J connectivity index is 2.44. The first-order valence-electron chi connectivity index (χ1n) is 8.29. The van der Waals surface area contributed by atoms with E-state index in [0.29, 0.717) is 22.0 Å². The topological polar surface area (TPSA) is 81.4 Å². The molecule has 136 valence electrons. The highest BCUT2D eigenvalue weighted by Gasteiger charge is 2.30. The van der Waals surface area contributed by atoms with Gasteiger partial charge in [-0.2, -0.15) is 0 Å². The first-order chi connectivity index (χ1) is 12.2. The second-order valence-electron chi connectivity index (χ2n) is 6.67. The molecule has 6 heteroatoms. The number of hydrogen-bond acceptors (Lipinski definition) is 3. The van der Waals surface area contributed by atoms with E-state index in [-0.39, 0.29) is 11.7 Å². The highest BCUT2D eigenvalue weighted by Crippen LogP contribution is 2.46. The average molecular weight is 373 g/mol. The summed E-state index contributed by atoms with van der Waals surface area (Å²) >= 11 is 6.60. The normalized spacial score (nSPS) is 11.3. The molecule has 3 N–H and O–H groups in total. The second-order valence-corrected chi connectivity index (χ2v) is 7.03. The number of aromatic nitrogens is 1. The summed E-state index contributed by atoms with van der Waals surface area (Å²) in [4.78, 5) is 12.3. The van der Waals surface area contributed by atoms with Crippen LogP contribution in [-0.2, 0) is 7.05 Å². The largest absolute Gasteiger partial charge is 0.508 e. The molecule has 26 heavy (non-hydrogen) atoms. The molecule has 0 saturated heterocycles. The van der Waals surface area contributed by atoms with E-state index in [4.69, 9.17) is 21.8 Å². The highest BCUT2D eigenvalue weighted by molar-refractivity contribution is 6.34. The average Bonchev–Trinajstić information content (AvgIpc) is 3.07. The Bertz CT molecular complexity index is 982. The molecule has 3 aromatic rings. The van der Waals surface area contributed by atoms with Crippen LogP contribution >= 0.6 is 11.6 Å². The Morgan fingerprint density at radius 2 is 1.81 bits per heavy atom. The zero-order chi connectivity index (χ0) is 19.2. The fourth-order valence-electron chi connectivity index (χ4n) is 3.29. The number of rotatable bonds is 4. The van der Waals surface area contributed by atoms with E-state index in [1.54, 1.807) is 42.1 Å². The molecule has 0 aliphatic heterocycles. The molecule has 0 fully saturated rings. The van der Waals surface area contributed by atoms with E-state index < -0.39 is 5.91 Å². The molecule has 0 bridgehead atoms. The number of phenols is 1. The first kappa shape index (κ1) is 18.1. The number of phenolic OH excluding ortho intramolecular Hbond substituents is 1. The summed E-state index contributed by atoms with van der Waals surface area (Å²) in [5.41, 5.74) is 9.88. The van der Waals surface area contributed by atoms with Gasteiger partial charge in [-0.25, -0.2) is 0 Å². The lowest BCUT2D eigenvalue weighted by atomic mass is 9.91. The minimum Gasteiger partial charge on any atom is -0.508 e. The van der Waals surface area contributed by atoms with Crippen molar-refractivity contribution in [3.63, 3.8) is 0 Å². The van der Waals surface area contributed by atoms with Crippen molar-refractivity contribution in [1.82, 2.24) is 4.57 Å². The minimum absolute atomic E-state index is 0.117. The van der Waals surface area contributed by atoms with Crippen LogP contribution in [0.1, 0.15) is 41.6 Å². The summed E-state index contributed by atoms with van der Waals surface area (Å²) < 4.78 is 7.36. The van der Waals surface area contributed by atoms with Crippen LogP contribution in [-0.4, -0.2) is 15.6 Å². The Morgan fingerprint density at radius 1 is 1.19 bits per heavy atom. The van der Waals surface area contributed by atoms with Crippen molar-refractivity contribution in [3.8, 4) is 28.0 Å². The van der Waals surface area contributed by atoms with Gasteiger partial charge in [-0.05, 0) is 30.2 Å². The third kappa shape index (κ3) is 2.78. The van der Waals surface area contributed by atoms with Crippen molar-refractivity contribution in [2.45, 2.75) is 26.7 Å². The van der Waals surface area contributed by atoms with Gasteiger partial charge in [-0.3, -0.25) is 4.79 Å². The smallest absolute Gasteiger partial charge is 0.266 e. The van der Waals surface area contributed by atoms with Gasteiger partial charge in [0.1, 0.15) is 22.4 Å². The lowest BCUT2D eigenvalue weighted by Gasteiger charge is -2.11. The van der Waals surface area contributed by atoms with Crippen LogP contribution in [0.5, 0.6) is 5.75 Å². The number of nitrogens with zero attached hydrogens (tertiary/aromatic N) is 1. The Kier molecular flexibility index (Phi) is 4.59. The number of benzene rings is 1. The third-order valence-corrected chi connectivity index (χ3v) is 4.93. The van der Waals surface area contributed by atoms with E-state index in [1.165, 1.54) is 0 Å². The van der Waals surface area contributed by atoms with Gasteiger partial charge < -0.3 is 19.8 Å². The number of nitrogens with two attached hydrogens (primary N) is 1. The number of furan rings is 1. The molecule has 0 unspecified atom stereocenters. The van der Waals surface area contributed by atoms with Crippen molar-refractivity contribution in [3.05, 3.63) is 52.7 Å². The van der Waals surface area contributed by atoms with Crippen molar-refractivity contribution in [1.29, 1.82) is 0 Å². The molecule has 2 aromatic heterocycles. The zero-order valence-corrected chi connectivity index (χ0v) is 15.9. The Morgan fingerprint density at radius 3 is 2.35 bits per heavy atom. The predicted octanol–water partition coefficient (Wildman–Crippen LogP) is 4.84. The molecule has 0 aliphatic rings. The lowest BCUT2D eigenvalue weighted by Crippen LogP contribution is -2.16. The van der Waals surface area contributed by atoms with Crippen LogP contribution in [0.2, 0.25) is 5.15 Å².